The van der Waals surface area contributed by atoms with Crippen LogP contribution in [0.4, 0.5) is 0 Å². The van der Waals surface area contributed by atoms with Crippen molar-refractivity contribution in [2.75, 3.05) is 26.2 Å². The van der Waals surface area contributed by atoms with Gasteiger partial charge in [-0.1, -0.05) is 26.0 Å². The van der Waals surface area contributed by atoms with Gasteiger partial charge in [0, 0.05) is 25.7 Å². The molecule has 1 atom stereocenters. The highest BCUT2D eigenvalue weighted by molar-refractivity contribution is 4.91. The van der Waals surface area contributed by atoms with Crippen molar-refractivity contribution in [3.8, 4) is 0 Å². The van der Waals surface area contributed by atoms with E-state index in [0.29, 0.717) is 6.04 Å². The minimum atomic E-state index is 0.638. The van der Waals surface area contributed by atoms with Crippen LogP contribution in [0, 0.1) is 0 Å². The van der Waals surface area contributed by atoms with E-state index in [9.17, 15) is 0 Å². The molecule has 0 radical (unpaired) electrons. The maximum atomic E-state index is 3.94. The van der Waals surface area contributed by atoms with Gasteiger partial charge in [-0.2, -0.15) is 0 Å². The zero-order valence-electron chi connectivity index (χ0n) is 10.3. The Hall–Kier alpha value is -0.340. The molecule has 1 unspecified atom stereocenters. The van der Waals surface area contributed by atoms with Crippen LogP contribution in [-0.4, -0.2) is 37.1 Å². The Morgan fingerprint density at radius 1 is 1.43 bits per heavy atom. The summed E-state index contributed by atoms with van der Waals surface area (Å²) in [5.41, 5.74) is 1.25. The molecular weight excluding hydrogens is 172 g/mol. The molecular formula is C12H26N2. The van der Waals surface area contributed by atoms with Crippen LogP contribution in [-0.2, 0) is 0 Å². The van der Waals surface area contributed by atoms with Crippen LogP contribution < -0.4 is 5.32 Å². The van der Waals surface area contributed by atoms with Crippen LogP contribution in [0.3, 0.4) is 0 Å². The third kappa shape index (κ3) is 7.10. The smallest absolute Gasteiger partial charge is 0.0187 e. The van der Waals surface area contributed by atoms with Gasteiger partial charge in [0.25, 0.3) is 0 Å². The van der Waals surface area contributed by atoms with E-state index in [1.54, 1.807) is 0 Å². The molecule has 0 aliphatic heterocycles. The summed E-state index contributed by atoms with van der Waals surface area (Å²) in [6.45, 7) is 17.0. The number of likely N-dealkylation sites (N-methyl/N-ethyl adjacent to an activating group) is 1. The minimum absolute atomic E-state index is 0.638. The molecule has 0 spiro atoms. The molecule has 0 fully saturated rings. The van der Waals surface area contributed by atoms with Gasteiger partial charge in [0.2, 0.25) is 0 Å². The maximum Gasteiger partial charge on any atom is 0.0187 e. The molecule has 0 saturated carbocycles. The van der Waals surface area contributed by atoms with Crippen LogP contribution in [0.15, 0.2) is 12.2 Å². The molecule has 0 rings (SSSR count). The van der Waals surface area contributed by atoms with Gasteiger partial charge < -0.3 is 5.32 Å². The Labute approximate surface area is 89.4 Å². The van der Waals surface area contributed by atoms with Gasteiger partial charge in [-0.05, 0) is 26.8 Å². The lowest BCUT2D eigenvalue weighted by Gasteiger charge is -2.21. The van der Waals surface area contributed by atoms with Gasteiger partial charge in [-0.15, -0.1) is 0 Å². The predicted molar refractivity (Wildman–Crippen MR) is 64.7 cm³/mol. The molecule has 84 valence electrons. The first-order valence-corrected chi connectivity index (χ1v) is 5.70. The van der Waals surface area contributed by atoms with Gasteiger partial charge in [-0.3, -0.25) is 4.90 Å². The summed E-state index contributed by atoms with van der Waals surface area (Å²) < 4.78 is 0. The zero-order valence-corrected chi connectivity index (χ0v) is 10.3. The third-order valence-corrected chi connectivity index (χ3v) is 2.47. The fourth-order valence-electron chi connectivity index (χ4n) is 1.34. The van der Waals surface area contributed by atoms with Gasteiger partial charge in [-0.25, -0.2) is 0 Å². The Bertz CT molecular complexity index is 154. The van der Waals surface area contributed by atoms with Crippen molar-refractivity contribution in [3.05, 3.63) is 12.2 Å². The maximum absolute atomic E-state index is 3.94. The summed E-state index contributed by atoms with van der Waals surface area (Å²) in [4.78, 5) is 2.41. The molecule has 0 aliphatic carbocycles. The quantitative estimate of drug-likeness (QED) is 0.602. The molecule has 2 nitrogen and oxygen atoms in total. The minimum Gasteiger partial charge on any atom is -0.313 e. The van der Waals surface area contributed by atoms with Crippen molar-refractivity contribution < 1.29 is 0 Å². The van der Waals surface area contributed by atoms with E-state index < -0.39 is 0 Å². The molecule has 14 heavy (non-hydrogen) atoms. The van der Waals surface area contributed by atoms with Crippen molar-refractivity contribution in [1.82, 2.24) is 10.2 Å². The summed E-state index contributed by atoms with van der Waals surface area (Å²) in [7, 11) is 0. The van der Waals surface area contributed by atoms with Crippen LogP contribution in [0.2, 0.25) is 0 Å². The average molecular weight is 198 g/mol. The average Bonchev–Trinajstić information content (AvgIpc) is 2.15. The van der Waals surface area contributed by atoms with Crippen LogP contribution in [0.25, 0.3) is 0 Å². The second-order valence-electron chi connectivity index (χ2n) is 4.09. The summed E-state index contributed by atoms with van der Waals surface area (Å²) in [6.07, 6.45) is 1.20. The van der Waals surface area contributed by atoms with Crippen LogP contribution in [0.5, 0.6) is 0 Å². The molecule has 0 aromatic heterocycles. The molecule has 2 heteroatoms. The highest BCUT2D eigenvalue weighted by Crippen LogP contribution is 1.95. The Morgan fingerprint density at radius 3 is 2.50 bits per heavy atom. The van der Waals surface area contributed by atoms with Gasteiger partial charge >= 0.3 is 0 Å². The number of nitrogens with zero attached hydrogens (tertiary/aromatic N) is 1. The van der Waals surface area contributed by atoms with E-state index >= 15 is 0 Å². The lowest BCUT2D eigenvalue weighted by Crippen LogP contribution is -2.36. The monoisotopic (exact) mass is 198 g/mol. The summed E-state index contributed by atoms with van der Waals surface area (Å²) >= 11 is 0. The summed E-state index contributed by atoms with van der Waals surface area (Å²) in [6, 6.07) is 0.638. The Balaban J connectivity index is 3.57. The van der Waals surface area contributed by atoms with Gasteiger partial charge in [0.15, 0.2) is 0 Å². The third-order valence-electron chi connectivity index (χ3n) is 2.47. The van der Waals surface area contributed by atoms with Gasteiger partial charge in [0.1, 0.15) is 0 Å². The lowest BCUT2D eigenvalue weighted by molar-refractivity contribution is 0.304. The van der Waals surface area contributed by atoms with Crippen LogP contribution in [0.1, 0.15) is 34.1 Å². The van der Waals surface area contributed by atoms with E-state index in [1.165, 1.54) is 12.0 Å². The second kappa shape index (κ2) is 8.01. The molecule has 1 N–H and O–H groups in total. The van der Waals surface area contributed by atoms with Crippen molar-refractivity contribution in [2.24, 2.45) is 0 Å². The molecule has 0 amide bonds. The van der Waals surface area contributed by atoms with Crippen molar-refractivity contribution in [2.45, 2.75) is 40.2 Å². The molecule has 0 saturated heterocycles. The largest absolute Gasteiger partial charge is 0.313 e. The van der Waals surface area contributed by atoms with Crippen molar-refractivity contribution in [1.29, 1.82) is 0 Å². The SMILES string of the molecule is C=C(C)CN(CC)CCNC(C)CC. The predicted octanol–water partition coefficient (Wildman–Crippen LogP) is 2.27. The fraction of sp³-hybridized carbons (Fsp3) is 0.833. The van der Waals surface area contributed by atoms with E-state index in [2.05, 4.69) is 44.5 Å². The molecule has 0 heterocycles. The number of nitrogens with one attached hydrogen (secondary N) is 1. The second-order valence-corrected chi connectivity index (χ2v) is 4.09. The Kier molecular flexibility index (Phi) is 7.81. The molecule has 0 aliphatic rings. The van der Waals surface area contributed by atoms with E-state index in [4.69, 9.17) is 0 Å². The molecule has 0 aromatic carbocycles. The molecule has 0 bridgehead atoms. The van der Waals surface area contributed by atoms with E-state index in [1.807, 2.05) is 0 Å². The Morgan fingerprint density at radius 2 is 2.07 bits per heavy atom. The highest BCUT2D eigenvalue weighted by Gasteiger charge is 2.02. The fourth-order valence-corrected chi connectivity index (χ4v) is 1.34. The first kappa shape index (κ1) is 13.7. The first-order chi connectivity index (χ1) is 6.60. The zero-order chi connectivity index (χ0) is 11.0. The van der Waals surface area contributed by atoms with E-state index in [0.717, 1.165) is 26.2 Å². The molecule has 0 aromatic rings. The van der Waals surface area contributed by atoms with Gasteiger partial charge in [0.05, 0.1) is 0 Å². The summed E-state index contributed by atoms with van der Waals surface area (Å²) in [5.74, 6) is 0. The number of hydrogen-bond acceptors (Lipinski definition) is 2. The van der Waals surface area contributed by atoms with Crippen LogP contribution >= 0.6 is 0 Å². The first-order valence-electron chi connectivity index (χ1n) is 5.70. The normalized spacial score (nSPS) is 13.2. The van der Waals surface area contributed by atoms with Crippen molar-refractivity contribution in [3.63, 3.8) is 0 Å². The summed E-state index contributed by atoms with van der Waals surface area (Å²) in [5, 5.41) is 3.50. The highest BCUT2D eigenvalue weighted by atomic mass is 15.1. The van der Waals surface area contributed by atoms with E-state index in [-0.39, 0.29) is 0 Å². The standard InChI is InChI=1S/C12H26N2/c1-6-12(5)13-8-9-14(7-2)10-11(3)4/h12-13H,3,6-10H2,1-2,4-5H3. The number of hydrogen-bond donors (Lipinski definition) is 1. The topological polar surface area (TPSA) is 15.3 Å². The van der Waals surface area contributed by atoms with Crippen molar-refractivity contribution >= 4 is 0 Å². The number of rotatable bonds is 8. The lowest BCUT2D eigenvalue weighted by atomic mass is 10.2.